The summed E-state index contributed by atoms with van der Waals surface area (Å²) >= 11 is 0. The molecule has 0 aliphatic rings. The van der Waals surface area contributed by atoms with E-state index in [0.29, 0.717) is 4.90 Å². The summed E-state index contributed by atoms with van der Waals surface area (Å²) in [4.78, 5) is 12.5. The van der Waals surface area contributed by atoms with Gasteiger partial charge in [0.2, 0.25) is 0 Å². The van der Waals surface area contributed by atoms with Crippen LogP contribution in [0.25, 0.3) is 11.0 Å². The van der Waals surface area contributed by atoms with Gasteiger partial charge in [-0.3, -0.25) is 4.98 Å². The summed E-state index contributed by atoms with van der Waals surface area (Å²) in [6.45, 7) is 2.13. The fourth-order valence-electron chi connectivity index (χ4n) is 3.53. The first-order chi connectivity index (χ1) is 13.9. The van der Waals surface area contributed by atoms with Crippen molar-refractivity contribution in [2.75, 3.05) is 6.26 Å². The van der Waals surface area contributed by atoms with Crippen molar-refractivity contribution in [3.05, 3.63) is 89.5 Å². The number of H-pyrrole nitrogens is 1. The van der Waals surface area contributed by atoms with Crippen LogP contribution >= 0.6 is 0 Å². The Labute approximate surface area is 170 Å². The molecule has 0 saturated carbocycles. The van der Waals surface area contributed by atoms with Crippen LogP contribution in [0.1, 0.15) is 35.2 Å². The van der Waals surface area contributed by atoms with Crippen LogP contribution in [0.4, 0.5) is 0 Å². The highest BCUT2D eigenvalue weighted by Crippen LogP contribution is 2.23. The average molecular weight is 406 g/mol. The lowest BCUT2D eigenvalue weighted by atomic mass is 9.96. The molecule has 148 valence electrons. The van der Waals surface area contributed by atoms with Crippen LogP contribution in [0.5, 0.6) is 0 Å². The maximum Gasteiger partial charge on any atom is 0.175 e. The van der Waals surface area contributed by atoms with Crippen LogP contribution < -0.4 is 0 Å². The SMILES string of the molecule is CC(Cc1ccc(Cc2c[nH]c3ncccc23)cn1)c1ccc(S(C)(=O)=O)cc1. The molecule has 4 aromatic rings. The Balaban J connectivity index is 1.44. The Morgan fingerprint density at radius 3 is 2.52 bits per heavy atom. The predicted molar refractivity (Wildman–Crippen MR) is 115 cm³/mol. The molecule has 0 bridgehead atoms. The smallest absolute Gasteiger partial charge is 0.175 e. The molecule has 0 aliphatic heterocycles. The molecule has 1 N–H and O–H groups in total. The highest BCUT2D eigenvalue weighted by atomic mass is 32.2. The van der Waals surface area contributed by atoms with Crippen LogP contribution in [0.3, 0.4) is 0 Å². The van der Waals surface area contributed by atoms with E-state index < -0.39 is 9.84 Å². The van der Waals surface area contributed by atoms with E-state index in [1.54, 1.807) is 18.3 Å². The molecule has 0 saturated heterocycles. The van der Waals surface area contributed by atoms with Crippen molar-refractivity contribution in [2.45, 2.75) is 30.6 Å². The zero-order chi connectivity index (χ0) is 20.4. The second kappa shape index (κ2) is 7.79. The van der Waals surface area contributed by atoms with Crippen molar-refractivity contribution < 1.29 is 8.42 Å². The summed E-state index contributed by atoms with van der Waals surface area (Å²) in [5.74, 6) is 0.252. The fraction of sp³-hybridized carbons (Fsp3) is 0.217. The number of pyridine rings is 2. The first-order valence-corrected chi connectivity index (χ1v) is 11.4. The van der Waals surface area contributed by atoms with Crippen LogP contribution in [0, 0.1) is 0 Å². The summed E-state index contributed by atoms with van der Waals surface area (Å²) < 4.78 is 23.2. The molecular formula is C23H23N3O2S. The molecule has 0 radical (unpaired) electrons. The van der Waals surface area contributed by atoms with Gasteiger partial charge in [0.1, 0.15) is 5.65 Å². The number of aromatic amines is 1. The number of hydrogen-bond acceptors (Lipinski definition) is 4. The highest BCUT2D eigenvalue weighted by Gasteiger charge is 2.11. The van der Waals surface area contributed by atoms with Crippen molar-refractivity contribution in [2.24, 2.45) is 0 Å². The minimum atomic E-state index is -3.16. The lowest BCUT2D eigenvalue weighted by Crippen LogP contribution is -2.02. The van der Waals surface area contributed by atoms with Gasteiger partial charge in [-0.05, 0) is 59.4 Å². The van der Waals surface area contributed by atoms with E-state index in [0.717, 1.165) is 40.7 Å². The number of fused-ring (bicyclic) bond motifs is 1. The molecule has 1 aromatic carbocycles. The quantitative estimate of drug-likeness (QED) is 0.519. The standard InChI is InChI=1S/C23H23N3O2S/c1-16(18-6-9-21(10-7-18)29(2,27)28)12-20-8-5-17(14-25-20)13-19-15-26-23-22(19)4-3-11-24-23/h3-11,14-16H,12-13H2,1-2H3,(H,24,26). The molecule has 5 nitrogen and oxygen atoms in total. The lowest BCUT2D eigenvalue weighted by Gasteiger charge is -2.12. The van der Waals surface area contributed by atoms with Gasteiger partial charge in [0.25, 0.3) is 0 Å². The maximum absolute atomic E-state index is 11.6. The molecule has 0 aliphatic carbocycles. The van der Waals surface area contributed by atoms with E-state index >= 15 is 0 Å². The number of rotatable bonds is 6. The first-order valence-electron chi connectivity index (χ1n) is 9.55. The molecule has 3 heterocycles. The number of sulfone groups is 1. The summed E-state index contributed by atoms with van der Waals surface area (Å²) in [7, 11) is -3.16. The van der Waals surface area contributed by atoms with Crippen molar-refractivity contribution in [1.82, 2.24) is 15.0 Å². The van der Waals surface area contributed by atoms with Crippen LogP contribution in [-0.2, 0) is 22.7 Å². The molecule has 6 heteroatoms. The Hall–Kier alpha value is -2.99. The number of hydrogen-bond donors (Lipinski definition) is 1. The van der Waals surface area contributed by atoms with Crippen molar-refractivity contribution in [3.8, 4) is 0 Å². The average Bonchev–Trinajstić information content (AvgIpc) is 3.12. The van der Waals surface area contributed by atoms with Gasteiger partial charge in [0.05, 0.1) is 4.90 Å². The summed E-state index contributed by atoms with van der Waals surface area (Å²) in [5, 5.41) is 1.14. The number of aromatic nitrogens is 3. The molecule has 1 atom stereocenters. The second-order valence-corrected chi connectivity index (χ2v) is 9.51. The molecule has 3 aromatic heterocycles. The van der Waals surface area contributed by atoms with E-state index in [2.05, 4.69) is 40.1 Å². The minimum Gasteiger partial charge on any atom is -0.346 e. The van der Waals surface area contributed by atoms with Gasteiger partial charge in [-0.2, -0.15) is 0 Å². The fourth-order valence-corrected chi connectivity index (χ4v) is 4.16. The van der Waals surface area contributed by atoms with Gasteiger partial charge in [-0.1, -0.05) is 25.1 Å². The Morgan fingerprint density at radius 1 is 1.03 bits per heavy atom. The topological polar surface area (TPSA) is 75.7 Å². The summed E-state index contributed by atoms with van der Waals surface area (Å²) in [5.41, 5.74) is 5.40. The molecule has 1 unspecified atom stereocenters. The summed E-state index contributed by atoms with van der Waals surface area (Å²) in [6.07, 6.45) is 8.56. The molecule has 0 amide bonds. The van der Waals surface area contributed by atoms with E-state index in [-0.39, 0.29) is 5.92 Å². The van der Waals surface area contributed by atoms with Gasteiger partial charge in [0, 0.05) is 42.3 Å². The van der Waals surface area contributed by atoms with Gasteiger partial charge in [-0.15, -0.1) is 0 Å². The highest BCUT2D eigenvalue weighted by molar-refractivity contribution is 7.90. The zero-order valence-electron chi connectivity index (χ0n) is 16.5. The third kappa shape index (κ3) is 4.38. The molecule has 0 fully saturated rings. The zero-order valence-corrected chi connectivity index (χ0v) is 17.3. The minimum absolute atomic E-state index is 0.252. The molecule has 4 rings (SSSR count). The van der Waals surface area contributed by atoms with Crippen molar-refractivity contribution >= 4 is 20.9 Å². The second-order valence-electron chi connectivity index (χ2n) is 7.49. The third-order valence-electron chi connectivity index (χ3n) is 5.21. The van der Waals surface area contributed by atoms with E-state index in [1.807, 2.05) is 30.6 Å². The third-order valence-corrected chi connectivity index (χ3v) is 6.34. The van der Waals surface area contributed by atoms with Gasteiger partial charge in [0.15, 0.2) is 9.84 Å². The van der Waals surface area contributed by atoms with Gasteiger partial charge >= 0.3 is 0 Å². The monoisotopic (exact) mass is 405 g/mol. The lowest BCUT2D eigenvalue weighted by molar-refractivity contribution is 0.601. The number of benzene rings is 1. The molecule has 0 spiro atoms. The van der Waals surface area contributed by atoms with Crippen LogP contribution in [-0.4, -0.2) is 29.6 Å². The Morgan fingerprint density at radius 2 is 1.83 bits per heavy atom. The van der Waals surface area contributed by atoms with E-state index in [1.165, 1.54) is 11.8 Å². The largest absolute Gasteiger partial charge is 0.346 e. The Bertz CT molecular complexity index is 1230. The van der Waals surface area contributed by atoms with Crippen molar-refractivity contribution in [3.63, 3.8) is 0 Å². The van der Waals surface area contributed by atoms with Gasteiger partial charge < -0.3 is 4.98 Å². The molecule has 29 heavy (non-hydrogen) atoms. The van der Waals surface area contributed by atoms with Gasteiger partial charge in [-0.25, -0.2) is 13.4 Å². The Kier molecular flexibility index (Phi) is 5.20. The van der Waals surface area contributed by atoms with E-state index in [9.17, 15) is 8.42 Å². The van der Waals surface area contributed by atoms with Crippen LogP contribution in [0.2, 0.25) is 0 Å². The number of nitrogens with zero attached hydrogens (tertiary/aromatic N) is 2. The van der Waals surface area contributed by atoms with E-state index in [4.69, 9.17) is 0 Å². The normalized spacial score (nSPS) is 12.9. The number of nitrogens with one attached hydrogen (secondary N) is 1. The van der Waals surface area contributed by atoms with Crippen molar-refractivity contribution in [1.29, 1.82) is 0 Å². The molecular weight excluding hydrogens is 382 g/mol. The summed E-state index contributed by atoms with van der Waals surface area (Å²) in [6, 6.07) is 15.3. The first kappa shape index (κ1) is 19.3. The predicted octanol–water partition coefficient (Wildman–Crippen LogP) is 4.30. The van der Waals surface area contributed by atoms with Crippen LogP contribution in [0.15, 0.2) is 72.0 Å². The maximum atomic E-state index is 11.6.